The van der Waals surface area contributed by atoms with E-state index in [-0.39, 0.29) is 9.45 Å². The molecule has 0 atom stereocenters. The van der Waals surface area contributed by atoms with Crippen LogP contribution in [0.1, 0.15) is 0 Å². The lowest BCUT2D eigenvalue weighted by molar-refractivity contribution is -0.868. The summed E-state index contributed by atoms with van der Waals surface area (Å²) in [7, 11) is 13.6. The molecular weight excluding hydrogens is 212 g/mol. The van der Waals surface area contributed by atoms with Crippen LogP contribution in [0, 0.1) is 0 Å². The third-order valence-corrected chi connectivity index (χ3v) is 4.26. The van der Waals surface area contributed by atoms with E-state index in [4.69, 9.17) is 11.2 Å². The van der Waals surface area contributed by atoms with E-state index in [1.807, 2.05) is 0 Å². The average Bonchev–Trinajstić information content (AvgIpc) is 1.94. The Labute approximate surface area is 96.7 Å². The molecule has 0 heterocycles. The summed E-state index contributed by atoms with van der Waals surface area (Å²) < 4.78 is 2.06. The zero-order valence-corrected chi connectivity index (χ0v) is 12.2. The lowest BCUT2D eigenvalue weighted by Gasteiger charge is -2.26. The lowest BCUT2D eigenvalue weighted by atomic mass is 10.6. The zero-order chi connectivity index (χ0) is 11.4. The van der Waals surface area contributed by atoms with Crippen LogP contribution in [0.5, 0.6) is 0 Å². The van der Waals surface area contributed by atoms with E-state index < -0.39 is 0 Å². The fraction of sp³-hybridized carbons (Fsp3) is 1.00. The van der Waals surface area contributed by atoms with Crippen molar-refractivity contribution in [2.75, 3.05) is 66.9 Å². The molecule has 0 amide bonds. The topological polar surface area (TPSA) is 0 Å². The molecule has 0 rings (SSSR count). The van der Waals surface area contributed by atoms with Gasteiger partial charge in [-0.15, -0.1) is 9.45 Å². The average molecular weight is 238 g/mol. The zero-order valence-electron chi connectivity index (χ0n) is 10.5. The monoisotopic (exact) mass is 238 g/mol. The van der Waals surface area contributed by atoms with Crippen LogP contribution in [-0.2, 0) is 20.6 Å². The molecule has 4 heteroatoms. The van der Waals surface area contributed by atoms with Crippen molar-refractivity contribution in [3.05, 3.63) is 0 Å². The van der Waals surface area contributed by atoms with Gasteiger partial charge in [-0.05, 0) is 0 Å². The second kappa shape index (κ2) is 5.54. The second-order valence-corrected chi connectivity index (χ2v) is 8.99. The van der Waals surface area contributed by atoms with Crippen LogP contribution < -0.4 is 0 Å². The van der Waals surface area contributed by atoms with Gasteiger partial charge in [0.15, 0.2) is 0 Å². The van der Waals surface area contributed by atoms with Crippen molar-refractivity contribution in [3.63, 3.8) is 0 Å². The molecule has 0 fully saturated rings. The van der Waals surface area contributed by atoms with Gasteiger partial charge in [0, 0.05) is 11.5 Å². The molecule has 0 saturated carbocycles. The summed E-state index contributed by atoms with van der Waals surface area (Å²) >= 11 is 5.48. The second-order valence-electron chi connectivity index (χ2n) is 5.88. The van der Waals surface area contributed by atoms with Crippen molar-refractivity contribution in [1.82, 2.24) is 0 Å². The minimum atomic E-state index is 0.189. The first-order valence-corrected chi connectivity index (χ1v) is 7.55. The van der Waals surface area contributed by atoms with E-state index in [0.717, 1.165) is 8.97 Å². The third kappa shape index (κ3) is 10.6. The van der Waals surface area contributed by atoms with Crippen molar-refractivity contribution in [1.29, 1.82) is 0 Å². The molecule has 2 nitrogen and oxygen atoms in total. The lowest BCUT2D eigenvalue weighted by Crippen LogP contribution is -2.40. The molecule has 0 N–H and O–H groups in total. The summed E-state index contributed by atoms with van der Waals surface area (Å²) in [6.45, 7) is 2.40. The standard InChI is InChI=1S/C10H26N2S2/c1-11(2,3)7-9-14(13)10-8-12(4,5)6/h7-10H2,1-6H3/q+2. The summed E-state index contributed by atoms with van der Waals surface area (Å²) in [5.41, 5.74) is 0. The Morgan fingerprint density at radius 3 is 1.29 bits per heavy atom. The molecule has 0 radical (unpaired) electrons. The molecule has 0 aliphatic heterocycles. The van der Waals surface area contributed by atoms with E-state index in [0.29, 0.717) is 0 Å². The minimum Gasteiger partial charge on any atom is -0.330 e. The maximum atomic E-state index is 5.48. The van der Waals surface area contributed by atoms with E-state index in [2.05, 4.69) is 42.3 Å². The van der Waals surface area contributed by atoms with Crippen LogP contribution in [0.25, 0.3) is 0 Å². The highest BCUT2D eigenvalue weighted by atomic mass is 32.8. The molecule has 0 spiro atoms. The number of hydrogen-bond donors (Lipinski definition) is 0. The van der Waals surface area contributed by atoms with Crippen molar-refractivity contribution in [3.8, 4) is 0 Å². The normalized spacial score (nSPS) is 13.6. The van der Waals surface area contributed by atoms with Gasteiger partial charge in [0.2, 0.25) is 0 Å². The Morgan fingerprint density at radius 1 is 0.786 bits per heavy atom. The van der Waals surface area contributed by atoms with Crippen molar-refractivity contribution in [2.24, 2.45) is 0 Å². The van der Waals surface area contributed by atoms with E-state index >= 15 is 0 Å². The molecule has 86 valence electrons. The molecule has 0 aliphatic rings. The summed E-state index contributed by atoms with van der Waals surface area (Å²) in [6.07, 6.45) is 0. The van der Waals surface area contributed by atoms with Gasteiger partial charge >= 0.3 is 0 Å². The van der Waals surface area contributed by atoms with Crippen LogP contribution in [-0.4, -0.2) is 75.8 Å². The van der Waals surface area contributed by atoms with E-state index in [9.17, 15) is 0 Å². The molecule has 14 heavy (non-hydrogen) atoms. The minimum absolute atomic E-state index is 0.189. The Hall–Kier alpha value is 0.490. The number of hydrogen-bond acceptors (Lipinski definition) is 1. The fourth-order valence-electron chi connectivity index (χ4n) is 0.853. The smallest absolute Gasteiger partial charge is 0.0875 e. The van der Waals surface area contributed by atoms with Gasteiger partial charge < -0.3 is 8.97 Å². The van der Waals surface area contributed by atoms with Crippen LogP contribution in [0.2, 0.25) is 0 Å². The number of quaternary nitrogens is 2. The molecule has 0 unspecified atom stereocenters. The Bertz CT molecular complexity index is 169. The molecule has 0 bridgehead atoms. The molecular formula is C10H26N2S2+2. The summed E-state index contributed by atoms with van der Waals surface area (Å²) in [4.78, 5) is 0. The molecule has 0 aliphatic carbocycles. The predicted molar refractivity (Wildman–Crippen MR) is 70.3 cm³/mol. The maximum absolute atomic E-state index is 5.48. The van der Waals surface area contributed by atoms with Crippen molar-refractivity contribution >= 4 is 20.6 Å². The molecule has 0 aromatic rings. The van der Waals surface area contributed by atoms with Gasteiger partial charge in [-0.3, -0.25) is 0 Å². The van der Waals surface area contributed by atoms with Gasteiger partial charge in [0.25, 0.3) is 0 Å². The first kappa shape index (κ1) is 14.5. The Kier molecular flexibility index (Phi) is 5.73. The van der Waals surface area contributed by atoms with Crippen LogP contribution in [0.15, 0.2) is 0 Å². The van der Waals surface area contributed by atoms with Crippen molar-refractivity contribution in [2.45, 2.75) is 0 Å². The Balaban J connectivity index is 3.68. The highest BCUT2D eigenvalue weighted by Crippen LogP contribution is 1.96. The molecule has 0 saturated heterocycles. The maximum Gasteiger partial charge on any atom is 0.0875 e. The van der Waals surface area contributed by atoms with Crippen LogP contribution in [0.4, 0.5) is 0 Å². The van der Waals surface area contributed by atoms with Gasteiger partial charge in [-0.25, -0.2) is 0 Å². The van der Waals surface area contributed by atoms with Crippen LogP contribution >= 0.6 is 0 Å². The number of rotatable bonds is 6. The molecule has 0 aromatic carbocycles. The number of nitrogens with zero attached hydrogens (tertiary/aromatic N) is 2. The highest BCUT2D eigenvalue weighted by molar-refractivity contribution is 8.28. The van der Waals surface area contributed by atoms with E-state index in [1.165, 1.54) is 24.6 Å². The first-order chi connectivity index (χ1) is 6.10. The fourth-order valence-corrected chi connectivity index (χ4v) is 3.01. The predicted octanol–water partition coefficient (Wildman–Crippen LogP) is 0.479. The third-order valence-electron chi connectivity index (χ3n) is 1.98. The first-order valence-electron chi connectivity index (χ1n) is 5.06. The van der Waals surface area contributed by atoms with Gasteiger partial charge in [0.05, 0.1) is 55.4 Å². The SMILES string of the molecule is C[N+](C)(C)CCS(=S)CC[N+](C)(C)C. The summed E-state index contributed by atoms with van der Waals surface area (Å²) in [5.74, 6) is 2.39. The molecule has 0 aromatic heterocycles. The van der Waals surface area contributed by atoms with Crippen LogP contribution in [0.3, 0.4) is 0 Å². The Morgan fingerprint density at radius 2 is 1.07 bits per heavy atom. The van der Waals surface area contributed by atoms with Crippen molar-refractivity contribution < 1.29 is 8.97 Å². The quantitative estimate of drug-likeness (QED) is 0.607. The largest absolute Gasteiger partial charge is 0.330 e. The summed E-state index contributed by atoms with van der Waals surface area (Å²) in [5, 5.41) is 0. The van der Waals surface area contributed by atoms with Gasteiger partial charge in [-0.1, -0.05) is 11.2 Å². The summed E-state index contributed by atoms with van der Waals surface area (Å²) in [6, 6.07) is 0. The van der Waals surface area contributed by atoms with E-state index in [1.54, 1.807) is 0 Å². The van der Waals surface area contributed by atoms with Gasteiger partial charge in [0.1, 0.15) is 0 Å². The van der Waals surface area contributed by atoms with Gasteiger partial charge in [-0.2, -0.15) is 0 Å². The highest BCUT2D eigenvalue weighted by Gasteiger charge is 2.11.